The average molecular weight is 485 g/mol. The molecule has 1 saturated heterocycles. The fourth-order valence-electron chi connectivity index (χ4n) is 4.11. The highest BCUT2D eigenvalue weighted by Gasteiger charge is 2.35. The van der Waals surface area contributed by atoms with E-state index in [1.807, 2.05) is 54.6 Å². The summed E-state index contributed by atoms with van der Waals surface area (Å²) < 4.78 is 5.56. The van der Waals surface area contributed by atoms with Gasteiger partial charge in [-0.05, 0) is 31.2 Å². The van der Waals surface area contributed by atoms with Gasteiger partial charge in [-0.2, -0.15) is 4.98 Å². The summed E-state index contributed by atoms with van der Waals surface area (Å²) in [6.07, 6.45) is 0.366. The molecule has 1 amide bonds. The van der Waals surface area contributed by atoms with Crippen LogP contribution in [0.3, 0.4) is 0 Å². The smallest absolute Gasteiger partial charge is 0.232 e. The van der Waals surface area contributed by atoms with E-state index in [4.69, 9.17) is 9.51 Å². The van der Waals surface area contributed by atoms with Gasteiger partial charge in [-0.1, -0.05) is 47.6 Å². The van der Waals surface area contributed by atoms with Crippen LogP contribution in [0.4, 0.5) is 5.69 Å². The summed E-state index contributed by atoms with van der Waals surface area (Å²) >= 11 is 3.41. The molecule has 1 fully saturated rings. The van der Waals surface area contributed by atoms with Crippen LogP contribution < -0.4 is 4.90 Å². The van der Waals surface area contributed by atoms with E-state index >= 15 is 0 Å². The molecule has 0 spiro atoms. The van der Waals surface area contributed by atoms with Crippen molar-refractivity contribution < 1.29 is 9.32 Å². The number of aryl methyl sites for hydroxylation is 1. The van der Waals surface area contributed by atoms with Gasteiger partial charge in [0.1, 0.15) is 5.01 Å². The predicted octanol–water partition coefficient (Wildman–Crippen LogP) is 6.42. The number of thiophene rings is 1. The van der Waals surface area contributed by atoms with Gasteiger partial charge in [-0.3, -0.25) is 4.79 Å². The summed E-state index contributed by atoms with van der Waals surface area (Å²) in [4.78, 5) is 26.2. The van der Waals surface area contributed by atoms with Gasteiger partial charge >= 0.3 is 0 Å². The monoisotopic (exact) mass is 484 g/mol. The van der Waals surface area contributed by atoms with Crippen LogP contribution in [-0.4, -0.2) is 27.6 Å². The molecule has 8 heteroatoms. The van der Waals surface area contributed by atoms with E-state index in [1.165, 1.54) is 9.75 Å². The number of thiazole rings is 1. The van der Waals surface area contributed by atoms with Gasteiger partial charge < -0.3 is 9.42 Å². The summed E-state index contributed by atoms with van der Waals surface area (Å²) in [7, 11) is 0. The first-order chi connectivity index (χ1) is 16.6. The zero-order valence-corrected chi connectivity index (χ0v) is 20.0. The lowest BCUT2D eigenvalue weighted by Crippen LogP contribution is -2.24. The molecule has 168 valence electrons. The molecule has 3 aromatic heterocycles. The zero-order chi connectivity index (χ0) is 23.1. The van der Waals surface area contributed by atoms with Gasteiger partial charge in [-0.15, -0.1) is 22.7 Å². The van der Waals surface area contributed by atoms with Crippen LogP contribution in [0.1, 0.15) is 23.1 Å². The van der Waals surface area contributed by atoms with Crippen LogP contribution in [0.5, 0.6) is 0 Å². The molecule has 4 heterocycles. The molecule has 1 atom stereocenters. The lowest BCUT2D eigenvalue weighted by Gasteiger charge is -2.15. The normalized spacial score (nSPS) is 15.9. The standard InChI is InChI=1S/C26H20N4O2S2/c1-16-7-12-22(34-16)26-27-21(15-33-26)17-8-10-18(11-9-17)24-28-25(32-29-24)19-13-23(31)30(14-19)20-5-3-2-4-6-20/h2-12,15,19H,13-14H2,1H3/t19-/m1/s1. The highest BCUT2D eigenvalue weighted by Crippen LogP contribution is 2.34. The highest BCUT2D eigenvalue weighted by molar-refractivity contribution is 7.21. The second-order valence-electron chi connectivity index (χ2n) is 8.22. The van der Waals surface area contributed by atoms with Crippen molar-refractivity contribution >= 4 is 34.3 Å². The van der Waals surface area contributed by atoms with E-state index in [9.17, 15) is 4.79 Å². The van der Waals surface area contributed by atoms with Crippen molar-refractivity contribution in [1.29, 1.82) is 0 Å². The number of hydrogen-bond donors (Lipinski definition) is 0. The Morgan fingerprint density at radius 3 is 2.53 bits per heavy atom. The van der Waals surface area contributed by atoms with Gasteiger partial charge in [0, 0.05) is 40.0 Å². The molecule has 34 heavy (non-hydrogen) atoms. The summed E-state index contributed by atoms with van der Waals surface area (Å²) in [5, 5.41) is 7.30. The number of anilines is 1. The first-order valence-corrected chi connectivity index (χ1v) is 12.7. The molecule has 0 radical (unpaired) electrons. The van der Waals surface area contributed by atoms with Crippen molar-refractivity contribution in [3.05, 3.63) is 82.9 Å². The van der Waals surface area contributed by atoms with Gasteiger partial charge in [0.2, 0.25) is 17.6 Å². The van der Waals surface area contributed by atoms with E-state index in [2.05, 4.69) is 34.6 Å². The summed E-state index contributed by atoms with van der Waals surface area (Å²) in [5.41, 5.74) is 3.76. The fourth-order valence-corrected chi connectivity index (χ4v) is 5.88. The van der Waals surface area contributed by atoms with Crippen molar-refractivity contribution in [1.82, 2.24) is 15.1 Å². The Morgan fingerprint density at radius 1 is 0.971 bits per heavy atom. The Hall–Kier alpha value is -3.62. The van der Waals surface area contributed by atoms with Crippen molar-refractivity contribution in [2.45, 2.75) is 19.3 Å². The van der Waals surface area contributed by atoms with Crippen LogP contribution in [0.25, 0.3) is 32.5 Å². The third kappa shape index (κ3) is 3.95. The van der Waals surface area contributed by atoms with Crippen LogP contribution in [0.2, 0.25) is 0 Å². The molecule has 0 bridgehead atoms. The third-order valence-corrected chi connectivity index (χ3v) is 7.89. The van der Waals surface area contributed by atoms with Crippen LogP contribution in [0, 0.1) is 6.92 Å². The van der Waals surface area contributed by atoms with Gasteiger partial charge in [0.05, 0.1) is 16.5 Å². The molecule has 0 N–H and O–H groups in total. The molecule has 1 aliphatic rings. The molecule has 0 aliphatic carbocycles. The molecule has 6 nitrogen and oxygen atoms in total. The highest BCUT2D eigenvalue weighted by atomic mass is 32.1. The number of para-hydroxylation sites is 1. The van der Waals surface area contributed by atoms with Gasteiger partial charge in [0.25, 0.3) is 0 Å². The topological polar surface area (TPSA) is 72.1 Å². The Labute approximate surface area is 204 Å². The molecule has 6 rings (SSSR count). The summed E-state index contributed by atoms with van der Waals surface area (Å²) in [6.45, 7) is 2.65. The quantitative estimate of drug-likeness (QED) is 0.288. The third-order valence-electron chi connectivity index (χ3n) is 5.88. The number of carbonyl (C=O) groups excluding carboxylic acids is 1. The van der Waals surface area contributed by atoms with Crippen molar-refractivity contribution in [2.24, 2.45) is 0 Å². The molecule has 1 aliphatic heterocycles. The van der Waals surface area contributed by atoms with Crippen molar-refractivity contribution in [3.8, 4) is 32.5 Å². The van der Waals surface area contributed by atoms with E-state index in [-0.39, 0.29) is 11.8 Å². The van der Waals surface area contributed by atoms with E-state index in [1.54, 1.807) is 27.6 Å². The lowest BCUT2D eigenvalue weighted by atomic mass is 10.1. The molecular formula is C26H20N4O2S2. The Bertz CT molecular complexity index is 1450. The first kappa shape index (κ1) is 20.9. The maximum atomic E-state index is 12.5. The molecular weight excluding hydrogens is 464 g/mol. The first-order valence-electron chi connectivity index (χ1n) is 11.0. The Morgan fingerprint density at radius 2 is 1.76 bits per heavy atom. The van der Waals surface area contributed by atoms with Gasteiger partial charge in [-0.25, -0.2) is 4.98 Å². The second kappa shape index (κ2) is 8.62. The average Bonchev–Trinajstić information content (AvgIpc) is 3.66. The number of carbonyl (C=O) groups is 1. The SMILES string of the molecule is Cc1ccc(-c2nc(-c3ccc(-c4noc([C@@H]5CC(=O)N(c6ccccc6)C5)n4)cc3)cs2)s1. The Balaban J connectivity index is 1.18. The molecule has 5 aromatic rings. The van der Waals surface area contributed by atoms with E-state index < -0.39 is 0 Å². The van der Waals surface area contributed by atoms with Gasteiger partial charge in [0.15, 0.2) is 0 Å². The lowest BCUT2D eigenvalue weighted by molar-refractivity contribution is -0.117. The second-order valence-corrected chi connectivity index (χ2v) is 10.4. The van der Waals surface area contributed by atoms with Crippen molar-refractivity contribution in [2.75, 3.05) is 11.4 Å². The minimum Gasteiger partial charge on any atom is -0.339 e. The maximum Gasteiger partial charge on any atom is 0.232 e. The number of hydrogen-bond acceptors (Lipinski definition) is 7. The number of aromatic nitrogens is 3. The largest absolute Gasteiger partial charge is 0.339 e. The molecule has 0 unspecified atom stereocenters. The summed E-state index contributed by atoms with van der Waals surface area (Å²) in [6, 6.07) is 21.9. The number of amides is 1. The molecule has 0 saturated carbocycles. The van der Waals surface area contributed by atoms with E-state index in [0.29, 0.717) is 24.7 Å². The zero-order valence-electron chi connectivity index (χ0n) is 18.3. The minimum absolute atomic E-state index is 0.0700. The maximum absolute atomic E-state index is 12.5. The number of nitrogens with zero attached hydrogens (tertiary/aromatic N) is 4. The number of benzene rings is 2. The summed E-state index contributed by atoms with van der Waals surface area (Å²) in [5.74, 6) is 0.990. The number of rotatable bonds is 5. The molecule has 2 aromatic carbocycles. The van der Waals surface area contributed by atoms with Crippen LogP contribution >= 0.6 is 22.7 Å². The fraction of sp³-hybridized carbons (Fsp3) is 0.154. The van der Waals surface area contributed by atoms with Crippen molar-refractivity contribution in [3.63, 3.8) is 0 Å². The van der Waals surface area contributed by atoms with Crippen LogP contribution in [-0.2, 0) is 4.79 Å². The van der Waals surface area contributed by atoms with E-state index in [0.717, 1.165) is 27.5 Å². The predicted molar refractivity (Wildman–Crippen MR) is 135 cm³/mol. The Kier molecular flexibility index (Phi) is 5.31. The van der Waals surface area contributed by atoms with Crippen LogP contribution in [0.15, 0.2) is 76.6 Å². The minimum atomic E-state index is -0.109.